The maximum Gasteiger partial charge on any atom is 0.236 e. The molecule has 0 N–H and O–H groups in total. The van der Waals surface area contributed by atoms with Crippen LogP contribution in [0.5, 0.6) is 0 Å². The van der Waals surface area contributed by atoms with Crippen molar-refractivity contribution in [3.8, 4) is 28.3 Å². The molecule has 5 heteroatoms. The Labute approximate surface area is 320 Å². The molecule has 0 unspecified atom stereocenters. The first kappa shape index (κ1) is 30.1. The molecule has 4 aromatic heterocycles. The van der Waals surface area contributed by atoms with Crippen LogP contribution in [0.25, 0.3) is 116 Å². The third-order valence-corrected chi connectivity index (χ3v) is 12.4. The van der Waals surface area contributed by atoms with Crippen molar-refractivity contribution < 1.29 is 8.83 Å². The van der Waals surface area contributed by atoms with Crippen LogP contribution in [0, 0.1) is 0 Å². The van der Waals surface area contributed by atoms with Gasteiger partial charge in [0.25, 0.3) is 0 Å². The first-order chi connectivity index (χ1) is 27.6. The van der Waals surface area contributed by atoms with Gasteiger partial charge in [-0.2, -0.15) is 0 Å². The lowest BCUT2D eigenvalue weighted by Crippen LogP contribution is -2.14. The van der Waals surface area contributed by atoms with Crippen LogP contribution in [0.1, 0.15) is 25.0 Å². The van der Waals surface area contributed by atoms with Crippen molar-refractivity contribution in [2.24, 2.45) is 0 Å². The fraction of sp³-hybridized carbons (Fsp3) is 0.0588. The quantitative estimate of drug-likeness (QED) is 0.179. The van der Waals surface area contributed by atoms with Crippen LogP contribution in [0.15, 0.2) is 160 Å². The summed E-state index contributed by atoms with van der Waals surface area (Å²) >= 11 is 0. The molecule has 0 aliphatic heterocycles. The van der Waals surface area contributed by atoms with Gasteiger partial charge in [-0.15, -0.1) is 0 Å². The van der Waals surface area contributed by atoms with Gasteiger partial charge in [0.2, 0.25) is 5.95 Å². The van der Waals surface area contributed by atoms with E-state index in [0.29, 0.717) is 11.5 Å². The molecular weight excluding hydrogens is 687 g/mol. The fourth-order valence-corrected chi connectivity index (χ4v) is 9.96. The van der Waals surface area contributed by atoms with Crippen molar-refractivity contribution in [1.82, 2.24) is 14.5 Å². The Hall–Kier alpha value is -7.24. The van der Waals surface area contributed by atoms with Gasteiger partial charge in [-0.1, -0.05) is 141 Å². The lowest BCUT2D eigenvalue weighted by molar-refractivity contribution is 0.660. The summed E-state index contributed by atoms with van der Waals surface area (Å²) in [5.41, 5.74) is 12.5. The Morgan fingerprint density at radius 1 is 0.482 bits per heavy atom. The molecule has 1 aliphatic carbocycles. The second kappa shape index (κ2) is 10.5. The molecule has 1 aliphatic rings. The molecule has 56 heavy (non-hydrogen) atoms. The van der Waals surface area contributed by atoms with Crippen LogP contribution in [0.2, 0.25) is 0 Å². The van der Waals surface area contributed by atoms with Crippen molar-refractivity contribution in [2.75, 3.05) is 0 Å². The zero-order valence-corrected chi connectivity index (χ0v) is 30.6. The lowest BCUT2D eigenvalue weighted by atomic mass is 9.82. The number of hydrogen-bond donors (Lipinski definition) is 0. The van der Waals surface area contributed by atoms with E-state index >= 15 is 0 Å². The third-order valence-electron chi connectivity index (χ3n) is 12.4. The summed E-state index contributed by atoms with van der Waals surface area (Å²) in [5, 5.41) is 10.1. The lowest BCUT2D eigenvalue weighted by Gasteiger charge is -2.21. The van der Waals surface area contributed by atoms with Crippen molar-refractivity contribution >= 4 is 87.4 Å². The van der Waals surface area contributed by atoms with Gasteiger partial charge in [-0.25, -0.2) is 9.97 Å². The zero-order valence-electron chi connectivity index (χ0n) is 30.6. The van der Waals surface area contributed by atoms with Gasteiger partial charge < -0.3 is 8.83 Å². The number of benzene rings is 8. The molecule has 13 rings (SSSR count). The maximum absolute atomic E-state index is 6.96. The molecule has 4 heterocycles. The predicted octanol–water partition coefficient (Wildman–Crippen LogP) is 13.7. The summed E-state index contributed by atoms with van der Waals surface area (Å²) in [6.07, 6.45) is 0. The third kappa shape index (κ3) is 3.70. The average molecular weight is 718 g/mol. The molecule has 0 spiro atoms. The van der Waals surface area contributed by atoms with Crippen molar-refractivity contribution in [2.45, 2.75) is 19.3 Å². The second-order valence-electron chi connectivity index (χ2n) is 15.6. The number of fused-ring (bicyclic) bond motifs is 18. The molecule has 0 amide bonds. The van der Waals surface area contributed by atoms with Gasteiger partial charge in [0.05, 0.1) is 5.52 Å². The van der Waals surface area contributed by atoms with Crippen LogP contribution in [-0.2, 0) is 5.41 Å². The highest BCUT2D eigenvalue weighted by molar-refractivity contribution is 6.37. The monoisotopic (exact) mass is 717 g/mol. The smallest absolute Gasteiger partial charge is 0.236 e. The average Bonchev–Trinajstić information content (AvgIpc) is 3.98. The molecule has 8 aromatic carbocycles. The molecule has 0 fully saturated rings. The van der Waals surface area contributed by atoms with E-state index in [-0.39, 0.29) is 5.41 Å². The minimum atomic E-state index is -0.174. The van der Waals surface area contributed by atoms with E-state index in [2.05, 4.69) is 152 Å². The Balaban J connectivity index is 1.26. The standard InChI is InChI=1S/C51H31N3O2/c1-51(2)36-22-10-7-18-32(36)41-35(21-13-23-37(41)51)46-49-45(34-20-9-12-25-40(34)56-49)52-50(53-46)54-38-27-26-28-14-3-4-15-29(28)43(38)44-31-17-6-5-16-30(31)42-33-19-8-11-24-39(33)55-48(42)47(44)54/h3-27H,1-2H3. The first-order valence-corrected chi connectivity index (χ1v) is 19.2. The number of furan rings is 2. The molecule has 0 radical (unpaired) electrons. The molecule has 0 saturated carbocycles. The molecule has 5 nitrogen and oxygen atoms in total. The van der Waals surface area contributed by atoms with Crippen molar-refractivity contribution in [1.29, 1.82) is 0 Å². The van der Waals surface area contributed by atoms with Crippen LogP contribution in [0.4, 0.5) is 0 Å². The molecule has 262 valence electrons. The summed E-state index contributed by atoms with van der Waals surface area (Å²) in [6, 6.07) is 53.7. The van der Waals surface area contributed by atoms with Gasteiger partial charge in [0, 0.05) is 37.9 Å². The van der Waals surface area contributed by atoms with Gasteiger partial charge in [-0.05, 0) is 68.1 Å². The van der Waals surface area contributed by atoms with E-state index in [1.54, 1.807) is 0 Å². The van der Waals surface area contributed by atoms with E-state index in [0.717, 1.165) is 82.3 Å². The van der Waals surface area contributed by atoms with Gasteiger partial charge in [-0.3, -0.25) is 4.57 Å². The van der Waals surface area contributed by atoms with Crippen molar-refractivity contribution in [3.63, 3.8) is 0 Å². The van der Waals surface area contributed by atoms with E-state index < -0.39 is 0 Å². The number of nitrogens with zero attached hydrogens (tertiary/aromatic N) is 3. The normalized spacial score (nSPS) is 13.7. The Morgan fingerprint density at radius 3 is 1.95 bits per heavy atom. The van der Waals surface area contributed by atoms with Gasteiger partial charge >= 0.3 is 0 Å². The van der Waals surface area contributed by atoms with Crippen LogP contribution >= 0.6 is 0 Å². The Bertz CT molecular complexity index is 3690. The topological polar surface area (TPSA) is 57.0 Å². The fourth-order valence-electron chi connectivity index (χ4n) is 9.96. The van der Waals surface area contributed by atoms with Crippen LogP contribution in [0.3, 0.4) is 0 Å². The van der Waals surface area contributed by atoms with E-state index in [4.69, 9.17) is 18.8 Å². The second-order valence-corrected chi connectivity index (χ2v) is 15.6. The van der Waals surface area contributed by atoms with Crippen LogP contribution in [-0.4, -0.2) is 14.5 Å². The predicted molar refractivity (Wildman–Crippen MR) is 229 cm³/mol. The minimum absolute atomic E-state index is 0.174. The number of hydrogen-bond acceptors (Lipinski definition) is 4. The molecule has 12 aromatic rings. The van der Waals surface area contributed by atoms with E-state index in [1.165, 1.54) is 33.0 Å². The van der Waals surface area contributed by atoms with E-state index in [1.807, 2.05) is 18.2 Å². The highest BCUT2D eigenvalue weighted by atomic mass is 16.3. The Morgan fingerprint density at radius 2 is 1.11 bits per heavy atom. The number of aromatic nitrogens is 3. The molecule has 0 atom stereocenters. The van der Waals surface area contributed by atoms with Crippen molar-refractivity contribution in [3.05, 3.63) is 163 Å². The first-order valence-electron chi connectivity index (χ1n) is 19.2. The summed E-state index contributed by atoms with van der Waals surface area (Å²) in [7, 11) is 0. The largest absolute Gasteiger partial charge is 0.454 e. The van der Waals surface area contributed by atoms with Gasteiger partial charge in [0.15, 0.2) is 11.2 Å². The molecular formula is C51H31N3O2. The summed E-state index contributed by atoms with van der Waals surface area (Å²) in [6.45, 7) is 4.63. The highest BCUT2D eigenvalue weighted by Crippen LogP contribution is 2.53. The summed E-state index contributed by atoms with van der Waals surface area (Å²) in [4.78, 5) is 11.1. The van der Waals surface area contributed by atoms with E-state index in [9.17, 15) is 0 Å². The molecule has 0 saturated heterocycles. The van der Waals surface area contributed by atoms with Gasteiger partial charge in [0.1, 0.15) is 27.9 Å². The maximum atomic E-state index is 6.96. The zero-order chi connectivity index (χ0) is 36.9. The molecule has 0 bridgehead atoms. The summed E-state index contributed by atoms with van der Waals surface area (Å²) < 4.78 is 16.0. The SMILES string of the molecule is CC1(C)c2ccccc2-c2c(-c3nc(-n4c5ccc6ccccc6c5c5c6ccccc6c6c7ccccc7oc6c54)nc4c3oc3ccccc34)cccc21. The van der Waals surface area contributed by atoms with Crippen LogP contribution < -0.4 is 0 Å². The Kier molecular flexibility index (Phi) is 5.65. The minimum Gasteiger partial charge on any atom is -0.454 e. The number of rotatable bonds is 2. The summed E-state index contributed by atoms with van der Waals surface area (Å²) in [5.74, 6) is 0.564. The highest BCUT2D eigenvalue weighted by Gasteiger charge is 2.37. The number of para-hydroxylation sites is 2.